The molecule has 2 fully saturated rings. The van der Waals surface area contributed by atoms with Crippen molar-refractivity contribution in [1.82, 2.24) is 23.9 Å². The minimum atomic E-state index is -2.62. The van der Waals surface area contributed by atoms with Gasteiger partial charge in [-0.2, -0.15) is 5.10 Å². The summed E-state index contributed by atoms with van der Waals surface area (Å²) in [7, 11) is 0. The highest BCUT2D eigenvalue weighted by Gasteiger charge is 2.46. The van der Waals surface area contributed by atoms with E-state index in [1.807, 2.05) is 18.1 Å². The van der Waals surface area contributed by atoms with Gasteiger partial charge in [0.25, 0.3) is 6.43 Å². The number of imidazole rings is 1. The van der Waals surface area contributed by atoms with Gasteiger partial charge in [0.15, 0.2) is 5.65 Å². The van der Waals surface area contributed by atoms with Crippen LogP contribution in [0.15, 0.2) is 36.8 Å². The van der Waals surface area contributed by atoms with Crippen LogP contribution in [0.2, 0.25) is 0 Å². The molecule has 0 aliphatic carbocycles. The molecule has 2 aliphatic heterocycles. The van der Waals surface area contributed by atoms with E-state index >= 15 is 0 Å². The molecule has 0 aromatic carbocycles. The molecule has 0 N–H and O–H groups in total. The van der Waals surface area contributed by atoms with Crippen LogP contribution in [0, 0.1) is 0 Å². The van der Waals surface area contributed by atoms with Gasteiger partial charge in [-0.25, -0.2) is 18.3 Å². The van der Waals surface area contributed by atoms with Gasteiger partial charge < -0.3 is 4.90 Å². The molecule has 0 bridgehead atoms. The topological polar surface area (TPSA) is 49.6 Å². The van der Waals surface area contributed by atoms with Crippen molar-refractivity contribution in [1.29, 1.82) is 0 Å². The monoisotopic (exact) mass is 416 g/mol. The van der Waals surface area contributed by atoms with Crippen LogP contribution >= 0.6 is 11.9 Å². The molecule has 2 aliphatic rings. The Hall–Kier alpha value is -2.26. The highest BCUT2D eigenvalue weighted by atomic mass is 32.2. The Morgan fingerprint density at radius 3 is 2.55 bits per heavy atom. The molecule has 29 heavy (non-hydrogen) atoms. The SMILES string of the molecule is CSN1CCC2(CC1)CCN2c1cncc(-c2cnc3ccc(C(F)F)nn23)c1. The van der Waals surface area contributed by atoms with Crippen molar-refractivity contribution >= 4 is 23.3 Å². The summed E-state index contributed by atoms with van der Waals surface area (Å²) in [5, 5.41) is 4.08. The van der Waals surface area contributed by atoms with Gasteiger partial charge in [-0.05, 0) is 43.7 Å². The summed E-state index contributed by atoms with van der Waals surface area (Å²) in [6, 6.07) is 4.96. The lowest BCUT2D eigenvalue weighted by molar-refractivity contribution is 0.144. The number of alkyl halides is 2. The van der Waals surface area contributed by atoms with Crippen molar-refractivity contribution in [3.63, 3.8) is 0 Å². The first-order valence-corrected chi connectivity index (χ1v) is 10.9. The Balaban J connectivity index is 1.47. The van der Waals surface area contributed by atoms with Gasteiger partial charge >= 0.3 is 0 Å². The zero-order chi connectivity index (χ0) is 20.0. The van der Waals surface area contributed by atoms with Crippen LogP contribution in [0.3, 0.4) is 0 Å². The van der Waals surface area contributed by atoms with Crippen molar-refractivity contribution in [2.24, 2.45) is 0 Å². The Morgan fingerprint density at radius 2 is 1.86 bits per heavy atom. The van der Waals surface area contributed by atoms with Gasteiger partial charge in [-0.15, -0.1) is 0 Å². The Kier molecular flexibility index (Phi) is 4.66. The molecule has 0 unspecified atom stereocenters. The molecule has 0 amide bonds. The molecule has 0 radical (unpaired) electrons. The number of halogens is 2. The first-order valence-electron chi connectivity index (χ1n) is 9.75. The van der Waals surface area contributed by atoms with Crippen LogP contribution in [0.1, 0.15) is 31.4 Å². The molecule has 152 valence electrons. The summed E-state index contributed by atoms with van der Waals surface area (Å²) in [4.78, 5) is 11.2. The maximum absolute atomic E-state index is 13.1. The van der Waals surface area contributed by atoms with Gasteiger partial charge in [-0.3, -0.25) is 9.29 Å². The Morgan fingerprint density at radius 1 is 1.07 bits per heavy atom. The van der Waals surface area contributed by atoms with E-state index in [9.17, 15) is 8.78 Å². The zero-order valence-electron chi connectivity index (χ0n) is 16.1. The van der Waals surface area contributed by atoms with Crippen LogP contribution in [-0.4, -0.2) is 55.3 Å². The lowest BCUT2D eigenvalue weighted by Gasteiger charge is -2.57. The van der Waals surface area contributed by atoms with Crippen LogP contribution in [-0.2, 0) is 0 Å². The number of hydrogen-bond acceptors (Lipinski definition) is 6. The predicted octanol–water partition coefficient (Wildman–Crippen LogP) is 4.05. The second-order valence-corrected chi connectivity index (χ2v) is 8.52. The second kappa shape index (κ2) is 7.21. The highest BCUT2D eigenvalue weighted by Crippen LogP contribution is 2.44. The van der Waals surface area contributed by atoms with E-state index in [2.05, 4.69) is 36.6 Å². The lowest BCUT2D eigenvalue weighted by Crippen LogP contribution is -2.64. The molecule has 2 saturated heterocycles. The molecule has 0 saturated carbocycles. The standard InChI is InChI=1S/C20H22F2N6S/c1-29-26-7-4-20(5-8-26)6-9-27(20)15-10-14(11-23-12-15)17-13-24-18-3-2-16(19(21)22)25-28(17)18/h2-3,10-13,19H,4-9H2,1H3. The summed E-state index contributed by atoms with van der Waals surface area (Å²) in [5.74, 6) is 0. The molecule has 5 rings (SSSR count). The highest BCUT2D eigenvalue weighted by molar-refractivity contribution is 7.96. The average molecular weight is 417 g/mol. The summed E-state index contributed by atoms with van der Waals surface area (Å²) in [5.41, 5.74) is 3.07. The maximum Gasteiger partial charge on any atom is 0.282 e. The first-order chi connectivity index (χ1) is 14.1. The van der Waals surface area contributed by atoms with Crippen molar-refractivity contribution < 1.29 is 8.78 Å². The fourth-order valence-electron chi connectivity index (χ4n) is 4.46. The molecule has 6 nitrogen and oxygen atoms in total. The smallest absolute Gasteiger partial charge is 0.282 e. The van der Waals surface area contributed by atoms with Crippen LogP contribution in [0.25, 0.3) is 16.9 Å². The molecule has 3 aromatic rings. The van der Waals surface area contributed by atoms with Gasteiger partial charge in [-0.1, -0.05) is 11.9 Å². The summed E-state index contributed by atoms with van der Waals surface area (Å²) in [6.45, 7) is 3.21. The van der Waals surface area contributed by atoms with E-state index in [0.717, 1.165) is 43.7 Å². The van der Waals surface area contributed by atoms with Crippen molar-refractivity contribution in [2.75, 3.05) is 30.8 Å². The number of fused-ring (bicyclic) bond motifs is 1. The summed E-state index contributed by atoms with van der Waals surface area (Å²) >= 11 is 1.82. The fourth-order valence-corrected chi connectivity index (χ4v) is 5.01. The molecular weight excluding hydrogens is 394 g/mol. The van der Waals surface area contributed by atoms with E-state index in [1.165, 1.54) is 17.0 Å². The number of piperidine rings is 1. The van der Waals surface area contributed by atoms with E-state index in [0.29, 0.717) is 11.3 Å². The van der Waals surface area contributed by atoms with Gasteiger partial charge in [0.1, 0.15) is 5.69 Å². The lowest BCUT2D eigenvalue weighted by atomic mass is 9.76. The normalized spacial score (nSPS) is 19.2. The second-order valence-electron chi connectivity index (χ2n) is 7.64. The minimum Gasteiger partial charge on any atom is -0.364 e. The first kappa shape index (κ1) is 18.7. The Bertz CT molecular complexity index is 1030. The summed E-state index contributed by atoms with van der Waals surface area (Å²) in [6.07, 6.45) is 8.31. The molecule has 3 aromatic heterocycles. The minimum absolute atomic E-state index is 0.215. The van der Waals surface area contributed by atoms with Crippen LogP contribution < -0.4 is 4.90 Å². The van der Waals surface area contributed by atoms with Crippen LogP contribution in [0.5, 0.6) is 0 Å². The van der Waals surface area contributed by atoms with Crippen LogP contribution in [0.4, 0.5) is 14.5 Å². The number of nitrogens with zero attached hydrogens (tertiary/aromatic N) is 6. The number of rotatable bonds is 4. The predicted molar refractivity (Wildman–Crippen MR) is 110 cm³/mol. The largest absolute Gasteiger partial charge is 0.364 e. The third-order valence-electron chi connectivity index (χ3n) is 6.22. The Labute approximate surface area is 172 Å². The third kappa shape index (κ3) is 3.16. The fraction of sp³-hybridized carbons (Fsp3) is 0.450. The summed E-state index contributed by atoms with van der Waals surface area (Å²) < 4.78 is 30.1. The third-order valence-corrected chi connectivity index (χ3v) is 7.10. The number of anilines is 1. The van der Waals surface area contributed by atoms with E-state index in [1.54, 1.807) is 18.5 Å². The van der Waals surface area contributed by atoms with Gasteiger partial charge in [0.2, 0.25) is 0 Å². The van der Waals surface area contributed by atoms with E-state index in [-0.39, 0.29) is 11.2 Å². The van der Waals surface area contributed by atoms with Crippen molar-refractivity contribution in [3.05, 3.63) is 42.5 Å². The zero-order valence-corrected chi connectivity index (χ0v) is 16.9. The average Bonchev–Trinajstić information content (AvgIpc) is 3.16. The maximum atomic E-state index is 13.1. The van der Waals surface area contributed by atoms with Crippen molar-refractivity contribution in [2.45, 2.75) is 31.2 Å². The molecule has 9 heteroatoms. The molecule has 5 heterocycles. The van der Waals surface area contributed by atoms with E-state index in [4.69, 9.17) is 0 Å². The molecule has 0 atom stereocenters. The molecule has 1 spiro atoms. The number of aromatic nitrogens is 4. The van der Waals surface area contributed by atoms with Gasteiger partial charge in [0, 0.05) is 36.9 Å². The quantitative estimate of drug-likeness (QED) is 0.598. The number of hydrogen-bond donors (Lipinski definition) is 0. The van der Waals surface area contributed by atoms with E-state index < -0.39 is 6.43 Å². The molecular formula is C20H22F2N6S. The van der Waals surface area contributed by atoms with Gasteiger partial charge in [0.05, 0.1) is 23.8 Å². The number of pyridine rings is 1. The van der Waals surface area contributed by atoms with Crippen molar-refractivity contribution in [3.8, 4) is 11.3 Å².